The lowest BCUT2D eigenvalue weighted by Gasteiger charge is -2.12. The van der Waals surface area contributed by atoms with Crippen LogP contribution in [0.15, 0.2) is 48.5 Å². The third-order valence-electron chi connectivity index (χ3n) is 3.17. The molecule has 2 aromatic carbocycles. The molecule has 2 aromatic rings. The molecule has 24 heavy (non-hydrogen) atoms. The molecule has 0 saturated heterocycles. The number of benzene rings is 2. The zero-order valence-electron chi connectivity index (χ0n) is 14.2. The lowest BCUT2D eigenvalue weighted by Crippen LogP contribution is -2.12. The minimum absolute atomic E-state index is 0.462. The van der Waals surface area contributed by atoms with Gasteiger partial charge in [0.05, 0.1) is 26.9 Å². The summed E-state index contributed by atoms with van der Waals surface area (Å²) in [6.45, 7) is 4.47. The lowest BCUT2D eigenvalue weighted by atomic mass is 10.3. The van der Waals surface area contributed by atoms with Gasteiger partial charge in [0.15, 0.2) is 11.5 Å². The third kappa shape index (κ3) is 6.01. The zero-order valence-corrected chi connectivity index (χ0v) is 14.2. The van der Waals surface area contributed by atoms with Crippen LogP contribution in [0.5, 0.6) is 23.0 Å². The smallest absolute Gasteiger partial charge is 0.161 e. The van der Waals surface area contributed by atoms with E-state index in [2.05, 4.69) is 0 Å². The summed E-state index contributed by atoms with van der Waals surface area (Å²) in [6.07, 6.45) is 0. The molecule has 0 N–H and O–H groups in total. The van der Waals surface area contributed by atoms with Crippen LogP contribution in [0.1, 0.15) is 6.92 Å². The van der Waals surface area contributed by atoms with Crippen molar-refractivity contribution in [2.24, 2.45) is 0 Å². The van der Waals surface area contributed by atoms with Crippen molar-refractivity contribution in [3.8, 4) is 23.0 Å². The van der Waals surface area contributed by atoms with E-state index in [1.807, 2.05) is 55.5 Å². The summed E-state index contributed by atoms with van der Waals surface area (Å²) in [5, 5.41) is 0. The highest BCUT2D eigenvalue weighted by Crippen LogP contribution is 2.26. The fraction of sp³-hybridized carbons (Fsp3) is 0.368. The quantitative estimate of drug-likeness (QED) is 0.589. The molecular formula is C19H24O5. The van der Waals surface area contributed by atoms with E-state index in [1.54, 1.807) is 7.11 Å². The fourth-order valence-electron chi connectivity index (χ4n) is 2.07. The zero-order chi connectivity index (χ0) is 17.0. The van der Waals surface area contributed by atoms with Crippen LogP contribution in [0, 0.1) is 0 Å². The van der Waals surface area contributed by atoms with Crippen molar-refractivity contribution in [3.63, 3.8) is 0 Å². The van der Waals surface area contributed by atoms with Crippen molar-refractivity contribution >= 4 is 0 Å². The Bertz CT molecular complexity index is 600. The Morgan fingerprint density at radius 2 is 1.38 bits per heavy atom. The molecular weight excluding hydrogens is 308 g/mol. The Balaban J connectivity index is 1.60. The van der Waals surface area contributed by atoms with Gasteiger partial charge in [-0.3, -0.25) is 0 Å². The van der Waals surface area contributed by atoms with Crippen molar-refractivity contribution in [3.05, 3.63) is 48.5 Å². The molecule has 5 heteroatoms. The van der Waals surface area contributed by atoms with E-state index in [9.17, 15) is 0 Å². The Morgan fingerprint density at radius 1 is 0.708 bits per heavy atom. The minimum Gasteiger partial charge on any atom is -0.497 e. The third-order valence-corrected chi connectivity index (χ3v) is 3.17. The summed E-state index contributed by atoms with van der Waals surface area (Å²) in [5.41, 5.74) is 0. The van der Waals surface area contributed by atoms with Gasteiger partial charge in [-0.05, 0) is 31.2 Å². The highest BCUT2D eigenvalue weighted by molar-refractivity contribution is 5.39. The molecule has 130 valence electrons. The van der Waals surface area contributed by atoms with Crippen molar-refractivity contribution < 1.29 is 23.7 Å². The predicted molar refractivity (Wildman–Crippen MR) is 92.4 cm³/mol. The Hall–Kier alpha value is -2.40. The predicted octanol–water partition coefficient (Wildman–Crippen LogP) is 3.57. The van der Waals surface area contributed by atoms with Gasteiger partial charge in [0.25, 0.3) is 0 Å². The van der Waals surface area contributed by atoms with E-state index in [-0.39, 0.29) is 0 Å². The molecule has 0 bridgehead atoms. The highest BCUT2D eigenvalue weighted by atomic mass is 16.6. The molecule has 0 saturated carbocycles. The van der Waals surface area contributed by atoms with Gasteiger partial charge in [-0.2, -0.15) is 0 Å². The lowest BCUT2D eigenvalue weighted by molar-refractivity contribution is 0.0755. The Kier molecular flexibility index (Phi) is 7.77. The van der Waals surface area contributed by atoms with Gasteiger partial charge in [-0.25, -0.2) is 0 Å². The van der Waals surface area contributed by atoms with Crippen molar-refractivity contribution in [2.75, 3.05) is 40.1 Å². The van der Waals surface area contributed by atoms with Crippen LogP contribution in [-0.2, 0) is 4.74 Å². The molecule has 0 fully saturated rings. The van der Waals surface area contributed by atoms with Crippen molar-refractivity contribution in [1.82, 2.24) is 0 Å². The first-order chi connectivity index (χ1) is 11.8. The Labute approximate surface area is 143 Å². The van der Waals surface area contributed by atoms with Gasteiger partial charge in [0, 0.05) is 6.07 Å². The average molecular weight is 332 g/mol. The minimum atomic E-state index is 0.462. The van der Waals surface area contributed by atoms with Gasteiger partial charge in [0.2, 0.25) is 0 Å². The monoisotopic (exact) mass is 332 g/mol. The molecule has 0 heterocycles. The van der Waals surface area contributed by atoms with Gasteiger partial charge in [-0.1, -0.05) is 18.2 Å². The largest absolute Gasteiger partial charge is 0.497 e. The first kappa shape index (κ1) is 17.9. The molecule has 0 spiro atoms. The first-order valence-corrected chi connectivity index (χ1v) is 8.02. The molecule has 0 atom stereocenters. The van der Waals surface area contributed by atoms with Crippen LogP contribution in [0.3, 0.4) is 0 Å². The Morgan fingerprint density at radius 3 is 2.08 bits per heavy atom. The number of rotatable bonds is 11. The molecule has 0 aliphatic carbocycles. The molecule has 2 rings (SSSR count). The molecule has 0 aliphatic heterocycles. The van der Waals surface area contributed by atoms with Crippen LogP contribution < -0.4 is 18.9 Å². The van der Waals surface area contributed by atoms with Gasteiger partial charge >= 0.3 is 0 Å². The number of methoxy groups -OCH3 is 1. The van der Waals surface area contributed by atoms with Crippen LogP contribution in [-0.4, -0.2) is 40.1 Å². The molecule has 0 unspecified atom stereocenters. The number of hydrogen-bond acceptors (Lipinski definition) is 5. The normalized spacial score (nSPS) is 10.2. The summed E-state index contributed by atoms with van der Waals surface area (Å²) in [4.78, 5) is 0. The van der Waals surface area contributed by atoms with E-state index in [0.29, 0.717) is 33.0 Å². The van der Waals surface area contributed by atoms with Gasteiger partial charge in [0.1, 0.15) is 24.7 Å². The number of ether oxygens (including phenoxy) is 5. The summed E-state index contributed by atoms with van der Waals surface area (Å²) < 4.78 is 27.4. The molecule has 5 nitrogen and oxygen atoms in total. The fourth-order valence-corrected chi connectivity index (χ4v) is 2.07. The maximum atomic E-state index is 5.68. The summed E-state index contributed by atoms with van der Waals surface area (Å²) >= 11 is 0. The van der Waals surface area contributed by atoms with Crippen LogP contribution >= 0.6 is 0 Å². The maximum absolute atomic E-state index is 5.68. The van der Waals surface area contributed by atoms with E-state index in [0.717, 1.165) is 23.0 Å². The maximum Gasteiger partial charge on any atom is 0.161 e. The molecule has 0 radical (unpaired) electrons. The van der Waals surface area contributed by atoms with Crippen LogP contribution in [0.4, 0.5) is 0 Å². The number of hydrogen-bond donors (Lipinski definition) is 0. The molecule has 0 amide bonds. The second kappa shape index (κ2) is 10.4. The van der Waals surface area contributed by atoms with Crippen molar-refractivity contribution in [2.45, 2.75) is 6.92 Å². The van der Waals surface area contributed by atoms with E-state index >= 15 is 0 Å². The summed E-state index contributed by atoms with van der Waals surface area (Å²) in [5.74, 6) is 3.02. The summed E-state index contributed by atoms with van der Waals surface area (Å²) in [7, 11) is 1.63. The number of para-hydroxylation sites is 2. The molecule has 0 aromatic heterocycles. The van der Waals surface area contributed by atoms with Gasteiger partial charge < -0.3 is 23.7 Å². The molecule has 0 aliphatic rings. The second-order valence-electron chi connectivity index (χ2n) is 4.87. The van der Waals surface area contributed by atoms with E-state index in [1.165, 1.54) is 0 Å². The SMILES string of the molecule is CCOc1ccccc1OCCOCCOc1cccc(OC)c1. The van der Waals surface area contributed by atoms with E-state index in [4.69, 9.17) is 23.7 Å². The van der Waals surface area contributed by atoms with Gasteiger partial charge in [-0.15, -0.1) is 0 Å². The summed E-state index contributed by atoms with van der Waals surface area (Å²) in [6, 6.07) is 15.1. The standard InChI is InChI=1S/C19H24O5/c1-3-22-18-9-4-5-10-19(18)24-14-12-21-11-13-23-17-8-6-7-16(15-17)20-2/h4-10,15H,3,11-14H2,1-2H3. The van der Waals surface area contributed by atoms with Crippen LogP contribution in [0.25, 0.3) is 0 Å². The second-order valence-corrected chi connectivity index (χ2v) is 4.87. The highest BCUT2D eigenvalue weighted by Gasteiger charge is 2.03. The van der Waals surface area contributed by atoms with Crippen LogP contribution in [0.2, 0.25) is 0 Å². The topological polar surface area (TPSA) is 46.2 Å². The average Bonchev–Trinajstić information content (AvgIpc) is 2.62. The first-order valence-electron chi connectivity index (χ1n) is 8.02. The van der Waals surface area contributed by atoms with E-state index < -0.39 is 0 Å². The van der Waals surface area contributed by atoms with Crippen molar-refractivity contribution in [1.29, 1.82) is 0 Å².